The van der Waals surface area contributed by atoms with Crippen LogP contribution in [0, 0.1) is 0 Å². The molecule has 2 saturated heterocycles. The van der Waals surface area contributed by atoms with Crippen LogP contribution in [0.1, 0.15) is 40.0 Å². The van der Waals surface area contributed by atoms with E-state index >= 15 is 0 Å². The molecule has 2 rings (SSSR count). The van der Waals surface area contributed by atoms with Crippen LogP contribution >= 0.6 is 0 Å². The molecule has 0 aromatic heterocycles. The molecule has 2 fully saturated rings. The van der Waals surface area contributed by atoms with E-state index in [0.717, 1.165) is 19.2 Å². The molecule has 3 heteroatoms. The van der Waals surface area contributed by atoms with E-state index in [9.17, 15) is 0 Å². The normalized spacial score (nSPS) is 38.1. The van der Waals surface area contributed by atoms with Gasteiger partial charge in [-0.1, -0.05) is 6.92 Å². The molecule has 0 amide bonds. The van der Waals surface area contributed by atoms with Gasteiger partial charge in [0.2, 0.25) is 0 Å². The lowest BCUT2D eigenvalue weighted by atomic mass is 9.89. The molecule has 2 aliphatic rings. The minimum Gasteiger partial charge on any atom is -0.377 e. The van der Waals surface area contributed by atoms with Crippen LogP contribution in [-0.2, 0) is 4.74 Å². The Labute approximate surface area is 99.5 Å². The maximum atomic E-state index is 5.74. The van der Waals surface area contributed by atoms with E-state index in [4.69, 9.17) is 4.74 Å². The molecule has 0 spiro atoms. The van der Waals surface area contributed by atoms with Crippen molar-refractivity contribution >= 4 is 0 Å². The molecule has 0 aromatic carbocycles. The van der Waals surface area contributed by atoms with Gasteiger partial charge in [-0.2, -0.15) is 0 Å². The Morgan fingerprint density at radius 3 is 2.56 bits per heavy atom. The lowest BCUT2D eigenvalue weighted by Gasteiger charge is -2.44. The van der Waals surface area contributed by atoms with Gasteiger partial charge in [0.05, 0.1) is 6.10 Å². The van der Waals surface area contributed by atoms with Crippen LogP contribution in [0.15, 0.2) is 0 Å². The zero-order valence-corrected chi connectivity index (χ0v) is 11.0. The molecule has 2 atom stereocenters. The van der Waals surface area contributed by atoms with Crippen LogP contribution in [-0.4, -0.2) is 48.8 Å². The molecular weight excluding hydrogens is 200 g/mol. The quantitative estimate of drug-likeness (QED) is 0.791. The van der Waals surface area contributed by atoms with Gasteiger partial charge in [-0.3, -0.25) is 4.90 Å². The summed E-state index contributed by atoms with van der Waals surface area (Å²) in [5.41, 5.74) is 0.289. The highest BCUT2D eigenvalue weighted by Crippen LogP contribution is 2.33. The number of nitrogens with zero attached hydrogens (tertiary/aromatic N) is 1. The Kier molecular flexibility index (Phi) is 3.88. The highest BCUT2D eigenvalue weighted by molar-refractivity contribution is 4.97. The predicted molar refractivity (Wildman–Crippen MR) is 66.7 cm³/mol. The first kappa shape index (κ1) is 12.3. The fourth-order valence-electron chi connectivity index (χ4n) is 3.12. The largest absolute Gasteiger partial charge is 0.377 e. The third-order valence-corrected chi connectivity index (χ3v) is 4.56. The second-order valence-electron chi connectivity index (χ2n) is 5.44. The molecule has 94 valence electrons. The van der Waals surface area contributed by atoms with Crippen LogP contribution in [0.3, 0.4) is 0 Å². The van der Waals surface area contributed by atoms with Crippen LogP contribution in [0.4, 0.5) is 0 Å². The van der Waals surface area contributed by atoms with Crippen molar-refractivity contribution in [1.29, 1.82) is 0 Å². The molecule has 1 N–H and O–H groups in total. The number of rotatable bonds is 3. The Morgan fingerprint density at radius 2 is 2.06 bits per heavy atom. The van der Waals surface area contributed by atoms with Gasteiger partial charge in [0.1, 0.15) is 0 Å². The molecule has 16 heavy (non-hydrogen) atoms. The Morgan fingerprint density at radius 1 is 1.38 bits per heavy atom. The highest BCUT2D eigenvalue weighted by Gasteiger charge is 2.42. The lowest BCUT2D eigenvalue weighted by molar-refractivity contribution is 0.00587. The summed E-state index contributed by atoms with van der Waals surface area (Å²) in [6.07, 6.45) is 4.16. The van der Waals surface area contributed by atoms with E-state index < -0.39 is 0 Å². The summed E-state index contributed by atoms with van der Waals surface area (Å²) in [7, 11) is 0. The standard InChI is InChI=1S/C13H26N2O/c1-4-14-12-5-8-15(9-6-12)13(3)7-10-16-11(13)2/h11-12,14H,4-10H2,1-3H3. The molecule has 2 aliphatic heterocycles. The topological polar surface area (TPSA) is 24.5 Å². The summed E-state index contributed by atoms with van der Waals surface area (Å²) in [4.78, 5) is 2.65. The van der Waals surface area contributed by atoms with Crippen molar-refractivity contribution in [2.24, 2.45) is 0 Å². The average molecular weight is 226 g/mol. The molecule has 2 unspecified atom stereocenters. The summed E-state index contributed by atoms with van der Waals surface area (Å²) in [6.45, 7) is 11.3. The second-order valence-corrected chi connectivity index (χ2v) is 5.44. The number of hydrogen-bond acceptors (Lipinski definition) is 3. The number of nitrogens with one attached hydrogen (secondary N) is 1. The molecular formula is C13H26N2O. The van der Waals surface area contributed by atoms with Gasteiger partial charge in [0, 0.05) is 31.3 Å². The smallest absolute Gasteiger partial charge is 0.0728 e. The van der Waals surface area contributed by atoms with Crippen molar-refractivity contribution in [1.82, 2.24) is 10.2 Å². The van der Waals surface area contributed by atoms with Crippen molar-refractivity contribution in [3.63, 3.8) is 0 Å². The minimum atomic E-state index is 0.289. The third kappa shape index (κ3) is 2.27. The van der Waals surface area contributed by atoms with Gasteiger partial charge >= 0.3 is 0 Å². The third-order valence-electron chi connectivity index (χ3n) is 4.56. The van der Waals surface area contributed by atoms with Gasteiger partial charge in [-0.05, 0) is 39.7 Å². The zero-order chi connectivity index (χ0) is 11.6. The molecule has 0 radical (unpaired) electrons. The Hall–Kier alpha value is -0.120. The van der Waals surface area contributed by atoms with Gasteiger partial charge in [-0.25, -0.2) is 0 Å². The van der Waals surface area contributed by atoms with E-state index in [-0.39, 0.29) is 5.54 Å². The van der Waals surface area contributed by atoms with Gasteiger partial charge in [0.25, 0.3) is 0 Å². The van der Waals surface area contributed by atoms with Crippen molar-refractivity contribution in [2.45, 2.75) is 57.7 Å². The summed E-state index contributed by atoms with van der Waals surface area (Å²) >= 11 is 0. The van der Waals surface area contributed by atoms with Crippen LogP contribution < -0.4 is 5.32 Å². The van der Waals surface area contributed by atoms with Crippen LogP contribution in [0.25, 0.3) is 0 Å². The first-order valence-electron chi connectivity index (χ1n) is 6.77. The number of likely N-dealkylation sites (tertiary alicyclic amines) is 1. The molecule has 2 heterocycles. The molecule has 3 nitrogen and oxygen atoms in total. The van der Waals surface area contributed by atoms with E-state index in [2.05, 4.69) is 31.0 Å². The summed E-state index contributed by atoms with van der Waals surface area (Å²) in [5.74, 6) is 0. The number of ether oxygens (including phenoxy) is 1. The number of piperidine rings is 1. The Bertz CT molecular complexity index is 226. The van der Waals surface area contributed by atoms with E-state index in [1.54, 1.807) is 0 Å². The van der Waals surface area contributed by atoms with E-state index in [1.807, 2.05) is 0 Å². The second kappa shape index (κ2) is 5.03. The van der Waals surface area contributed by atoms with Crippen molar-refractivity contribution < 1.29 is 4.74 Å². The maximum absolute atomic E-state index is 5.74. The van der Waals surface area contributed by atoms with Crippen molar-refractivity contribution in [2.75, 3.05) is 26.2 Å². The maximum Gasteiger partial charge on any atom is 0.0728 e. The highest BCUT2D eigenvalue weighted by atomic mass is 16.5. The van der Waals surface area contributed by atoms with Crippen molar-refractivity contribution in [3.05, 3.63) is 0 Å². The number of hydrogen-bond donors (Lipinski definition) is 1. The van der Waals surface area contributed by atoms with Crippen molar-refractivity contribution in [3.8, 4) is 0 Å². The fraction of sp³-hybridized carbons (Fsp3) is 1.00. The first-order valence-corrected chi connectivity index (χ1v) is 6.77. The Balaban J connectivity index is 1.88. The van der Waals surface area contributed by atoms with E-state index in [1.165, 1.54) is 32.4 Å². The average Bonchev–Trinajstić information content (AvgIpc) is 2.62. The minimum absolute atomic E-state index is 0.289. The SMILES string of the molecule is CCNC1CCN(C2(C)CCOC2C)CC1. The zero-order valence-electron chi connectivity index (χ0n) is 11.0. The first-order chi connectivity index (χ1) is 7.66. The molecule has 0 aromatic rings. The fourth-order valence-corrected chi connectivity index (χ4v) is 3.12. The predicted octanol–water partition coefficient (Wildman–Crippen LogP) is 1.63. The van der Waals surface area contributed by atoms with Crippen LogP contribution in [0.5, 0.6) is 0 Å². The summed E-state index contributed by atoms with van der Waals surface area (Å²) in [5, 5.41) is 3.56. The molecule has 0 aliphatic carbocycles. The van der Waals surface area contributed by atoms with Gasteiger partial charge < -0.3 is 10.1 Å². The molecule has 0 saturated carbocycles. The lowest BCUT2D eigenvalue weighted by Crippen LogP contribution is -2.55. The summed E-state index contributed by atoms with van der Waals surface area (Å²) in [6, 6.07) is 0.738. The van der Waals surface area contributed by atoms with Gasteiger partial charge in [-0.15, -0.1) is 0 Å². The monoisotopic (exact) mass is 226 g/mol. The molecule has 0 bridgehead atoms. The summed E-state index contributed by atoms with van der Waals surface area (Å²) < 4.78 is 5.74. The van der Waals surface area contributed by atoms with Crippen LogP contribution in [0.2, 0.25) is 0 Å². The van der Waals surface area contributed by atoms with E-state index in [0.29, 0.717) is 6.10 Å². The van der Waals surface area contributed by atoms with Gasteiger partial charge in [0.15, 0.2) is 0 Å².